The van der Waals surface area contributed by atoms with E-state index in [2.05, 4.69) is 15.0 Å². The molecular weight excluding hydrogens is 256 g/mol. The van der Waals surface area contributed by atoms with Gasteiger partial charge in [-0.3, -0.25) is 9.78 Å². The van der Waals surface area contributed by atoms with Gasteiger partial charge in [0.1, 0.15) is 23.9 Å². The Hall–Kier alpha value is -3.02. The Morgan fingerprint density at radius 1 is 1.10 bits per heavy atom. The highest BCUT2D eigenvalue weighted by atomic mass is 16.3. The molecule has 6 nitrogen and oxygen atoms in total. The first-order valence-electron chi connectivity index (χ1n) is 5.77. The van der Waals surface area contributed by atoms with Crippen LogP contribution in [0, 0.1) is 0 Å². The van der Waals surface area contributed by atoms with E-state index < -0.39 is 5.91 Å². The minimum Gasteiger partial charge on any atom is -0.463 e. The average molecular weight is 268 g/mol. The maximum Gasteiger partial charge on any atom is 0.267 e. The quantitative estimate of drug-likeness (QED) is 0.853. The van der Waals surface area contributed by atoms with Crippen molar-refractivity contribution in [3.8, 4) is 0 Å². The van der Waals surface area contributed by atoms with E-state index in [1.807, 2.05) is 18.2 Å². The molecule has 0 bridgehead atoms. The number of para-hydroxylation sites is 1. The van der Waals surface area contributed by atoms with E-state index in [9.17, 15) is 4.79 Å². The van der Waals surface area contributed by atoms with Crippen LogP contribution >= 0.6 is 0 Å². The number of carbonyl (C=O) groups excluding carboxylic acids is 1. The smallest absolute Gasteiger partial charge is 0.267 e. The first-order valence-corrected chi connectivity index (χ1v) is 5.77. The van der Waals surface area contributed by atoms with Gasteiger partial charge in [0.05, 0.1) is 6.20 Å². The van der Waals surface area contributed by atoms with Crippen molar-refractivity contribution in [3.05, 3.63) is 67.2 Å². The van der Waals surface area contributed by atoms with Crippen molar-refractivity contribution in [2.45, 2.75) is 0 Å². The molecule has 0 unspecified atom stereocenters. The fourth-order valence-corrected chi connectivity index (χ4v) is 1.39. The Balaban J connectivity index is 2.68. The van der Waals surface area contributed by atoms with Gasteiger partial charge in [-0.05, 0) is 18.2 Å². The van der Waals surface area contributed by atoms with Crippen molar-refractivity contribution in [3.63, 3.8) is 0 Å². The summed E-state index contributed by atoms with van der Waals surface area (Å²) in [5.41, 5.74) is 5.88. The average Bonchev–Trinajstić information content (AvgIpc) is 2.46. The molecule has 0 aliphatic rings. The summed E-state index contributed by atoms with van der Waals surface area (Å²) < 4.78 is 5.43. The van der Waals surface area contributed by atoms with E-state index in [4.69, 9.17) is 10.2 Å². The molecule has 0 spiro atoms. The van der Waals surface area contributed by atoms with E-state index in [0.717, 1.165) is 5.39 Å². The number of primary amides is 1. The van der Waals surface area contributed by atoms with Crippen molar-refractivity contribution in [1.29, 1.82) is 0 Å². The number of carbonyl (C=O) groups is 1. The second-order valence-electron chi connectivity index (χ2n) is 3.68. The highest BCUT2D eigenvalue weighted by Gasteiger charge is 1.95. The van der Waals surface area contributed by atoms with Gasteiger partial charge in [0.2, 0.25) is 0 Å². The Bertz CT molecular complexity index is 725. The van der Waals surface area contributed by atoms with Gasteiger partial charge in [-0.15, -0.1) is 0 Å². The minimum atomic E-state index is -0.654. The molecule has 6 heteroatoms. The first kappa shape index (κ1) is 13.4. The number of benzene rings is 1. The lowest BCUT2D eigenvalue weighted by Gasteiger charge is -1.88. The summed E-state index contributed by atoms with van der Waals surface area (Å²) in [6.07, 6.45) is 7.09. The molecule has 2 N–H and O–H groups in total. The van der Waals surface area contributed by atoms with Crippen LogP contribution in [0.4, 0.5) is 0 Å². The predicted molar refractivity (Wildman–Crippen MR) is 73.4 cm³/mol. The van der Waals surface area contributed by atoms with E-state index in [0.29, 0.717) is 5.58 Å². The van der Waals surface area contributed by atoms with Crippen LogP contribution in [0.3, 0.4) is 0 Å². The molecule has 0 aliphatic heterocycles. The third-order valence-electron chi connectivity index (χ3n) is 2.31. The van der Waals surface area contributed by atoms with Crippen LogP contribution in [-0.4, -0.2) is 20.9 Å². The Labute approximate surface area is 115 Å². The number of nitrogens with two attached hydrogens (primary N) is 1. The van der Waals surface area contributed by atoms with Crippen molar-refractivity contribution >= 4 is 16.9 Å². The second kappa shape index (κ2) is 6.79. The number of amides is 1. The molecule has 1 aromatic heterocycles. The molecule has 1 amide bonds. The van der Waals surface area contributed by atoms with E-state index in [1.54, 1.807) is 12.3 Å². The van der Waals surface area contributed by atoms with Crippen LogP contribution < -0.4 is 5.73 Å². The number of aromatic nitrogens is 3. The molecule has 0 aliphatic carbocycles. The lowest BCUT2D eigenvalue weighted by atomic mass is 10.3. The summed E-state index contributed by atoms with van der Waals surface area (Å²) in [6.45, 7) is 0. The maximum absolute atomic E-state index is 11.1. The van der Waals surface area contributed by atoms with Gasteiger partial charge in [-0.2, -0.15) is 0 Å². The number of rotatable bonds is 1. The van der Waals surface area contributed by atoms with Crippen LogP contribution in [0.25, 0.3) is 11.0 Å². The van der Waals surface area contributed by atoms with Crippen LogP contribution in [-0.2, 0) is 0 Å². The summed E-state index contributed by atoms with van der Waals surface area (Å²) >= 11 is 0. The molecule has 0 atom stereocenters. The molecule has 1 aromatic carbocycles. The number of hydrogen-bond acceptors (Lipinski definition) is 5. The molecule has 0 fully saturated rings. The molecule has 1 heterocycles. The molecule has 2 rings (SSSR count). The van der Waals surface area contributed by atoms with Gasteiger partial charge in [0.25, 0.3) is 5.91 Å². The zero-order valence-corrected chi connectivity index (χ0v) is 10.5. The second-order valence-corrected chi connectivity index (χ2v) is 3.68. The monoisotopic (exact) mass is 268 g/mol. The van der Waals surface area contributed by atoms with Crippen molar-refractivity contribution in [2.75, 3.05) is 0 Å². The summed E-state index contributed by atoms with van der Waals surface area (Å²) in [4.78, 5) is 22.9. The van der Waals surface area contributed by atoms with Crippen molar-refractivity contribution in [1.82, 2.24) is 15.0 Å². The third kappa shape index (κ3) is 3.74. The highest BCUT2D eigenvalue weighted by molar-refractivity contribution is 5.90. The fourth-order valence-electron chi connectivity index (χ4n) is 1.39. The van der Waals surface area contributed by atoms with Gasteiger partial charge >= 0.3 is 0 Å². The largest absolute Gasteiger partial charge is 0.463 e. The van der Waals surface area contributed by atoms with Crippen molar-refractivity contribution < 1.29 is 9.21 Å². The number of hydrogen-bond donors (Lipinski definition) is 1. The topological polar surface area (TPSA) is 94.9 Å². The molecule has 0 radical (unpaired) electrons. The predicted octanol–water partition coefficient (Wildman–Crippen LogP) is 1.97. The molecular formula is C14H12N4O2. The Morgan fingerprint density at radius 2 is 1.95 bits per heavy atom. The number of nitrogens with zero attached hydrogens (tertiary/aromatic N) is 3. The molecule has 0 saturated carbocycles. The van der Waals surface area contributed by atoms with Crippen molar-refractivity contribution in [2.24, 2.45) is 5.73 Å². The molecule has 100 valence electrons. The van der Waals surface area contributed by atoms with E-state index in [-0.39, 0.29) is 5.69 Å². The van der Waals surface area contributed by atoms with Gasteiger partial charge < -0.3 is 10.2 Å². The van der Waals surface area contributed by atoms with Gasteiger partial charge in [-0.25, -0.2) is 9.97 Å². The van der Waals surface area contributed by atoms with Gasteiger partial charge in [0.15, 0.2) is 0 Å². The third-order valence-corrected chi connectivity index (χ3v) is 2.31. The van der Waals surface area contributed by atoms with Gasteiger partial charge in [0, 0.05) is 17.8 Å². The van der Waals surface area contributed by atoms with E-state index >= 15 is 0 Å². The fraction of sp³-hybridized carbons (Fsp3) is 0. The van der Waals surface area contributed by atoms with Crippen LogP contribution in [0.1, 0.15) is 10.5 Å². The lowest BCUT2D eigenvalue weighted by Crippen LogP contribution is -2.11. The Kier molecular flexibility index (Phi) is 4.55. The maximum atomic E-state index is 11.1. The normalized spacial score (nSPS) is 9.40. The molecule has 20 heavy (non-hydrogen) atoms. The lowest BCUT2D eigenvalue weighted by molar-refractivity contribution is 0.0995. The zero-order chi connectivity index (χ0) is 14.2. The SMILES string of the molecule is NC(=O)c1ccnccoc2ccccc2cncn1. The van der Waals surface area contributed by atoms with Crippen LogP contribution in [0.5, 0.6) is 0 Å². The first-order chi connectivity index (χ1) is 9.77. The minimum absolute atomic E-state index is 0.0627. The van der Waals surface area contributed by atoms with Crippen LogP contribution in [0.2, 0.25) is 0 Å². The van der Waals surface area contributed by atoms with Crippen LogP contribution in [0.15, 0.2) is 65.9 Å². The summed E-state index contributed by atoms with van der Waals surface area (Å²) in [7, 11) is 0. The number of fused-ring (bicyclic) bond motifs is 1. The van der Waals surface area contributed by atoms with E-state index in [1.165, 1.54) is 31.1 Å². The Morgan fingerprint density at radius 3 is 2.80 bits per heavy atom. The molecule has 2 aromatic rings. The van der Waals surface area contributed by atoms with Gasteiger partial charge in [-0.1, -0.05) is 12.1 Å². The summed E-state index contributed by atoms with van der Waals surface area (Å²) in [6, 6.07) is 8.75. The zero-order valence-electron chi connectivity index (χ0n) is 10.5. The summed E-state index contributed by atoms with van der Waals surface area (Å²) in [5.74, 6) is -0.654. The molecule has 0 saturated heterocycles. The standard InChI is InChI=1S/C14H12N4O2/c15-14(19)12-5-6-16-7-8-20-13-4-2-1-3-11(13)9-17-10-18-12/h1-10H,(H2,15,19). The highest BCUT2D eigenvalue weighted by Crippen LogP contribution is 2.07. The summed E-state index contributed by atoms with van der Waals surface area (Å²) in [5, 5.41) is 0.774.